The Balaban J connectivity index is 1.17. The van der Waals surface area contributed by atoms with Crippen LogP contribution in [0.1, 0.15) is 42.4 Å². The molecule has 6 rings (SSSR count). The Morgan fingerprint density at radius 3 is 2.41 bits per heavy atom. The number of thioether (sulfide) groups is 1. The minimum Gasteiger partial charge on any atom is -0.339 e. The molecule has 1 spiro atoms. The molecule has 1 atom stereocenters. The van der Waals surface area contributed by atoms with Crippen molar-refractivity contribution in [1.29, 1.82) is 5.26 Å². The molecule has 37 heavy (non-hydrogen) atoms. The van der Waals surface area contributed by atoms with E-state index in [1.807, 2.05) is 30.0 Å². The normalized spacial score (nSPS) is 22.6. The lowest BCUT2D eigenvalue weighted by atomic mass is 9.71. The van der Waals surface area contributed by atoms with Crippen molar-refractivity contribution in [3.8, 4) is 6.07 Å². The van der Waals surface area contributed by atoms with Crippen LogP contribution in [0.25, 0.3) is 0 Å². The number of nitrogens with one attached hydrogen (secondary N) is 1. The maximum atomic E-state index is 13.0. The average Bonchev–Trinajstić information content (AvgIpc) is 3.19. The highest BCUT2D eigenvalue weighted by Crippen LogP contribution is 2.47. The van der Waals surface area contributed by atoms with Crippen molar-refractivity contribution in [3.63, 3.8) is 0 Å². The van der Waals surface area contributed by atoms with E-state index < -0.39 is 11.0 Å². The minimum atomic E-state index is -0.636. The fourth-order valence-electron chi connectivity index (χ4n) is 6.50. The summed E-state index contributed by atoms with van der Waals surface area (Å²) >= 11 is 1.84. The Labute approximate surface area is 223 Å². The molecule has 2 fully saturated rings. The van der Waals surface area contributed by atoms with Crippen molar-refractivity contribution in [2.24, 2.45) is 0 Å². The third-order valence-corrected chi connectivity index (χ3v) is 9.63. The van der Waals surface area contributed by atoms with Gasteiger partial charge < -0.3 is 15.1 Å². The van der Waals surface area contributed by atoms with E-state index in [4.69, 9.17) is 0 Å². The molecule has 3 aromatic rings. The van der Waals surface area contributed by atoms with Crippen LogP contribution >= 0.6 is 11.8 Å². The number of anilines is 1. The number of amides is 1. The summed E-state index contributed by atoms with van der Waals surface area (Å²) in [6.07, 6.45) is 3.36. The molecule has 1 unspecified atom stereocenters. The molecule has 1 amide bonds. The lowest BCUT2D eigenvalue weighted by Gasteiger charge is -2.43. The Kier molecular flexibility index (Phi) is 6.44. The number of nitriles is 1. The SMILES string of the molecule is N#CC1(CCCN2CCC3(CC2)C(=O)NCN3c2ccccc2)c2ccccc2CSc2ccccc21. The van der Waals surface area contributed by atoms with Gasteiger partial charge >= 0.3 is 0 Å². The maximum absolute atomic E-state index is 13.0. The first-order chi connectivity index (χ1) is 18.2. The van der Waals surface area contributed by atoms with Gasteiger partial charge in [0.15, 0.2) is 0 Å². The van der Waals surface area contributed by atoms with Gasteiger partial charge in [-0.2, -0.15) is 5.26 Å². The number of benzene rings is 3. The van der Waals surface area contributed by atoms with Gasteiger partial charge in [-0.1, -0.05) is 60.7 Å². The molecular formula is C31H32N4OS. The summed E-state index contributed by atoms with van der Waals surface area (Å²) < 4.78 is 0. The summed E-state index contributed by atoms with van der Waals surface area (Å²) in [5.74, 6) is 1.05. The number of fused-ring (bicyclic) bond motifs is 2. The first-order valence-electron chi connectivity index (χ1n) is 13.2. The van der Waals surface area contributed by atoms with E-state index in [0.717, 1.165) is 67.9 Å². The molecule has 3 heterocycles. The van der Waals surface area contributed by atoms with Gasteiger partial charge in [0.05, 0.1) is 12.7 Å². The summed E-state index contributed by atoms with van der Waals surface area (Å²) in [5.41, 5.74) is 3.58. The zero-order chi connectivity index (χ0) is 25.3. The summed E-state index contributed by atoms with van der Waals surface area (Å²) in [5, 5.41) is 13.8. The van der Waals surface area contributed by atoms with Gasteiger partial charge in [0.2, 0.25) is 5.91 Å². The quantitative estimate of drug-likeness (QED) is 0.506. The van der Waals surface area contributed by atoms with E-state index in [9.17, 15) is 10.1 Å². The van der Waals surface area contributed by atoms with Crippen molar-refractivity contribution in [1.82, 2.24) is 10.2 Å². The molecule has 6 heteroatoms. The summed E-state index contributed by atoms with van der Waals surface area (Å²) in [6.45, 7) is 3.28. The number of nitrogens with zero attached hydrogens (tertiary/aromatic N) is 3. The van der Waals surface area contributed by atoms with Gasteiger partial charge in [-0.25, -0.2) is 0 Å². The van der Waals surface area contributed by atoms with Crippen LogP contribution in [0.4, 0.5) is 5.69 Å². The van der Waals surface area contributed by atoms with Crippen molar-refractivity contribution >= 4 is 23.4 Å². The van der Waals surface area contributed by atoms with Crippen molar-refractivity contribution in [2.75, 3.05) is 31.2 Å². The second-order valence-corrected chi connectivity index (χ2v) is 11.4. The fraction of sp³-hybridized carbons (Fsp3) is 0.355. The monoisotopic (exact) mass is 508 g/mol. The van der Waals surface area contributed by atoms with Crippen LogP contribution < -0.4 is 10.2 Å². The molecule has 5 nitrogen and oxygen atoms in total. The number of piperidine rings is 1. The Hall–Kier alpha value is -3.27. The van der Waals surface area contributed by atoms with Gasteiger partial charge in [-0.05, 0) is 67.1 Å². The molecule has 1 N–H and O–H groups in total. The van der Waals surface area contributed by atoms with E-state index in [1.165, 1.54) is 10.5 Å². The van der Waals surface area contributed by atoms with E-state index in [2.05, 4.69) is 81.8 Å². The highest BCUT2D eigenvalue weighted by molar-refractivity contribution is 7.98. The fourth-order valence-corrected chi connectivity index (χ4v) is 7.64. The Bertz CT molecular complexity index is 1280. The number of hydrogen-bond acceptors (Lipinski definition) is 5. The maximum Gasteiger partial charge on any atom is 0.247 e. The smallest absolute Gasteiger partial charge is 0.247 e. The van der Waals surface area contributed by atoms with Crippen molar-refractivity contribution in [2.45, 2.75) is 47.3 Å². The molecule has 0 aromatic heterocycles. The number of para-hydroxylation sites is 1. The predicted molar refractivity (Wildman–Crippen MR) is 148 cm³/mol. The highest BCUT2D eigenvalue weighted by atomic mass is 32.2. The number of carbonyl (C=O) groups is 1. The zero-order valence-corrected chi connectivity index (χ0v) is 21.8. The first kappa shape index (κ1) is 24.1. The topological polar surface area (TPSA) is 59.4 Å². The van der Waals surface area contributed by atoms with E-state index in [-0.39, 0.29) is 5.91 Å². The molecule has 0 radical (unpaired) electrons. The van der Waals surface area contributed by atoms with Crippen molar-refractivity contribution < 1.29 is 4.79 Å². The second-order valence-electron chi connectivity index (χ2n) is 10.4. The van der Waals surface area contributed by atoms with Crippen LogP contribution in [0.2, 0.25) is 0 Å². The number of rotatable bonds is 5. The van der Waals surface area contributed by atoms with Crippen LogP contribution in [-0.2, 0) is 16.0 Å². The third-order valence-electron chi connectivity index (χ3n) is 8.51. The highest BCUT2D eigenvalue weighted by Gasteiger charge is 2.50. The lowest BCUT2D eigenvalue weighted by molar-refractivity contribution is -0.125. The Morgan fingerprint density at radius 2 is 1.62 bits per heavy atom. The van der Waals surface area contributed by atoms with Gasteiger partial charge in [-0.3, -0.25) is 4.79 Å². The van der Waals surface area contributed by atoms with Crippen LogP contribution in [-0.4, -0.2) is 42.6 Å². The number of hydrogen-bond donors (Lipinski definition) is 1. The van der Waals surface area contributed by atoms with Gasteiger partial charge in [0.1, 0.15) is 11.0 Å². The largest absolute Gasteiger partial charge is 0.339 e. The van der Waals surface area contributed by atoms with Crippen LogP contribution in [0.5, 0.6) is 0 Å². The third kappa shape index (κ3) is 4.11. The molecular weight excluding hydrogens is 476 g/mol. The summed E-state index contributed by atoms with van der Waals surface area (Å²) in [7, 11) is 0. The number of likely N-dealkylation sites (tertiary alicyclic amines) is 1. The van der Waals surface area contributed by atoms with Crippen LogP contribution in [0.3, 0.4) is 0 Å². The minimum absolute atomic E-state index is 0.156. The Morgan fingerprint density at radius 1 is 0.919 bits per heavy atom. The van der Waals surface area contributed by atoms with E-state index >= 15 is 0 Å². The predicted octanol–water partition coefficient (Wildman–Crippen LogP) is 5.31. The van der Waals surface area contributed by atoms with E-state index in [1.54, 1.807) is 0 Å². The first-order valence-corrected chi connectivity index (χ1v) is 14.2. The summed E-state index contributed by atoms with van der Waals surface area (Å²) in [6, 6.07) is 30.0. The van der Waals surface area contributed by atoms with E-state index in [0.29, 0.717) is 6.67 Å². The standard InChI is InChI=1S/C31H32N4OS/c32-22-30(26-12-5-4-9-24(26)21-37-28-14-7-6-13-27(28)30)15-8-18-34-19-16-31(17-20-34)29(36)33-23-35(31)25-10-2-1-3-11-25/h1-7,9-14H,8,15-21,23H2,(H,33,36). The molecule has 188 valence electrons. The second kappa shape index (κ2) is 9.89. The van der Waals surface area contributed by atoms with Crippen molar-refractivity contribution in [3.05, 3.63) is 95.6 Å². The summed E-state index contributed by atoms with van der Waals surface area (Å²) in [4.78, 5) is 19.0. The molecule has 0 bridgehead atoms. The van der Waals surface area contributed by atoms with Crippen LogP contribution in [0.15, 0.2) is 83.8 Å². The van der Waals surface area contributed by atoms with Crippen LogP contribution in [0, 0.1) is 11.3 Å². The molecule has 2 saturated heterocycles. The van der Waals surface area contributed by atoms with Gasteiger partial charge in [-0.15, -0.1) is 11.8 Å². The molecule has 3 aliphatic rings. The average molecular weight is 509 g/mol. The zero-order valence-electron chi connectivity index (χ0n) is 21.0. The number of carbonyl (C=O) groups excluding carboxylic acids is 1. The lowest BCUT2D eigenvalue weighted by Crippen LogP contribution is -2.56. The van der Waals surface area contributed by atoms with Gasteiger partial charge in [0.25, 0.3) is 0 Å². The molecule has 3 aliphatic heterocycles. The molecule has 0 aliphatic carbocycles. The molecule has 3 aromatic carbocycles. The van der Waals surface area contributed by atoms with Gasteiger partial charge in [0, 0.05) is 29.4 Å². The molecule has 0 saturated carbocycles.